The Hall–Kier alpha value is -1.53. The number of carbonyl (C=O) groups excluding carboxylic acids is 1. The average Bonchev–Trinajstić information content (AvgIpc) is 3.27. The first-order valence-corrected chi connectivity index (χ1v) is 9.77. The molecular weight excluding hydrogens is 341 g/mol. The lowest BCUT2D eigenvalue weighted by atomic mass is 9.78. The Morgan fingerprint density at radius 2 is 1.59 bits per heavy atom. The Morgan fingerprint density at radius 3 is 2.04 bits per heavy atom. The molecule has 1 aliphatic carbocycles. The van der Waals surface area contributed by atoms with E-state index < -0.39 is 5.60 Å². The molecule has 6 heteroatoms. The SMILES string of the molecule is CC(C)(C)OC(=O)NCC1(c2ccc(B3OC(C)(C)C(C)(C)O3)cc2)CC1. The van der Waals surface area contributed by atoms with E-state index in [1.54, 1.807) is 0 Å². The monoisotopic (exact) mass is 373 g/mol. The Balaban J connectivity index is 1.63. The molecule has 0 bridgehead atoms. The molecule has 2 aliphatic rings. The minimum Gasteiger partial charge on any atom is -0.444 e. The van der Waals surface area contributed by atoms with E-state index in [9.17, 15) is 4.79 Å². The third-order valence-corrected chi connectivity index (χ3v) is 5.87. The number of hydrogen-bond acceptors (Lipinski definition) is 4. The van der Waals surface area contributed by atoms with Gasteiger partial charge in [-0.25, -0.2) is 4.79 Å². The molecule has 0 spiro atoms. The first-order chi connectivity index (χ1) is 12.3. The Labute approximate surface area is 163 Å². The quantitative estimate of drug-likeness (QED) is 0.821. The minimum absolute atomic E-state index is 0.0192. The number of hydrogen-bond donors (Lipinski definition) is 1. The van der Waals surface area contributed by atoms with Crippen molar-refractivity contribution < 1.29 is 18.8 Å². The highest BCUT2D eigenvalue weighted by molar-refractivity contribution is 6.62. The number of nitrogens with one attached hydrogen (secondary N) is 1. The lowest BCUT2D eigenvalue weighted by Crippen LogP contribution is -2.41. The molecule has 1 aromatic rings. The summed E-state index contributed by atoms with van der Waals surface area (Å²) >= 11 is 0. The van der Waals surface area contributed by atoms with Gasteiger partial charge in [-0.15, -0.1) is 0 Å². The molecule has 1 aromatic carbocycles. The van der Waals surface area contributed by atoms with Crippen LogP contribution in [0.1, 0.15) is 66.9 Å². The van der Waals surface area contributed by atoms with Crippen LogP contribution in [-0.4, -0.2) is 36.6 Å². The Morgan fingerprint density at radius 1 is 1.07 bits per heavy atom. The zero-order valence-electron chi connectivity index (χ0n) is 17.6. The second kappa shape index (κ2) is 6.52. The lowest BCUT2D eigenvalue weighted by molar-refractivity contribution is 0.00578. The summed E-state index contributed by atoms with van der Waals surface area (Å²) in [7, 11) is -0.348. The fourth-order valence-electron chi connectivity index (χ4n) is 3.25. The highest BCUT2D eigenvalue weighted by Crippen LogP contribution is 2.47. The maximum Gasteiger partial charge on any atom is 0.494 e. The molecule has 0 atom stereocenters. The van der Waals surface area contributed by atoms with Gasteiger partial charge in [-0.05, 0) is 72.3 Å². The van der Waals surface area contributed by atoms with E-state index in [1.165, 1.54) is 5.56 Å². The van der Waals surface area contributed by atoms with Crippen LogP contribution in [0.2, 0.25) is 0 Å². The molecule has 2 fully saturated rings. The van der Waals surface area contributed by atoms with Gasteiger partial charge in [0.05, 0.1) is 11.2 Å². The van der Waals surface area contributed by atoms with E-state index in [0.29, 0.717) is 6.54 Å². The number of amides is 1. The van der Waals surface area contributed by atoms with Crippen molar-refractivity contribution >= 4 is 18.7 Å². The molecule has 0 unspecified atom stereocenters. The van der Waals surface area contributed by atoms with Gasteiger partial charge in [-0.2, -0.15) is 0 Å². The van der Waals surface area contributed by atoms with Crippen molar-refractivity contribution in [2.75, 3.05) is 6.54 Å². The van der Waals surface area contributed by atoms with Crippen LogP contribution in [-0.2, 0) is 19.5 Å². The maximum atomic E-state index is 11.9. The molecule has 1 saturated heterocycles. The van der Waals surface area contributed by atoms with Crippen molar-refractivity contribution in [2.24, 2.45) is 0 Å². The molecule has 27 heavy (non-hydrogen) atoms. The lowest BCUT2D eigenvalue weighted by Gasteiger charge is -2.32. The summed E-state index contributed by atoms with van der Waals surface area (Å²) in [5.74, 6) is 0. The van der Waals surface area contributed by atoms with Gasteiger partial charge < -0.3 is 19.4 Å². The molecule has 1 N–H and O–H groups in total. The van der Waals surface area contributed by atoms with E-state index in [4.69, 9.17) is 14.0 Å². The van der Waals surface area contributed by atoms with Gasteiger partial charge in [0.2, 0.25) is 0 Å². The second-order valence-corrected chi connectivity index (χ2v) is 9.85. The summed E-state index contributed by atoms with van der Waals surface area (Å²) in [6, 6.07) is 8.41. The van der Waals surface area contributed by atoms with Gasteiger partial charge in [0.15, 0.2) is 0 Å². The molecule has 148 valence electrons. The molecule has 1 heterocycles. The predicted octanol–water partition coefficient (Wildman–Crippen LogP) is 3.54. The van der Waals surface area contributed by atoms with Crippen LogP contribution < -0.4 is 10.8 Å². The van der Waals surface area contributed by atoms with Crippen LogP contribution in [0, 0.1) is 0 Å². The number of carbonyl (C=O) groups is 1. The van der Waals surface area contributed by atoms with Gasteiger partial charge in [0, 0.05) is 12.0 Å². The van der Waals surface area contributed by atoms with Crippen molar-refractivity contribution in [3.63, 3.8) is 0 Å². The predicted molar refractivity (Wildman–Crippen MR) is 107 cm³/mol. The van der Waals surface area contributed by atoms with Gasteiger partial charge in [0.1, 0.15) is 5.60 Å². The zero-order valence-corrected chi connectivity index (χ0v) is 17.6. The van der Waals surface area contributed by atoms with Crippen molar-refractivity contribution in [3.05, 3.63) is 29.8 Å². The maximum absolute atomic E-state index is 11.9. The largest absolute Gasteiger partial charge is 0.494 e. The zero-order chi connectivity index (χ0) is 20.1. The van der Waals surface area contributed by atoms with E-state index in [-0.39, 0.29) is 29.8 Å². The van der Waals surface area contributed by atoms with Crippen molar-refractivity contribution in [1.82, 2.24) is 5.32 Å². The first-order valence-electron chi connectivity index (χ1n) is 9.77. The molecular formula is C21H32BNO4. The standard InChI is InChI=1S/C21H32BNO4/c1-18(2,3)25-17(24)23-14-21(12-13-21)15-8-10-16(11-9-15)22-26-19(4,5)20(6,7)27-22/h8-11H,12-14H2,1-7H3,(H,23,24). The van der Waals surface area contributed by atoms with Crippen LogP contribution in [0.25, 0.3) is 0 Å². The molecule has 1 amide bonds. The molecule has 1 aliphatic heterocycles. The summed E-state index contributed by atoms with van der Waals surface area (Å²) in [5.41, 5.74) is 1.11. The molecule has 1 saturated carbocycles. The fraction of sp³-hybridized carbons (Fsp3) is 0.667. The highest BCUT2D eigenvalue weighted by Gasteiger charge is 2.52. The van der Waals surface area contributed by atoms with Crippen LogP contribution in [0.5, 0.6) is 0 Å². The smallest absolute Gasteiger partial charge is 0.444 e. The normalized spacial score (nSPS) is 22.4. The topological polar surface area (TPSA) is 56.8 Å². The summed E-state index contributed by atoms with van der Waals surface area (Å²) in [5, 5.41) is 2.92. The third-order valence-electron chi connectivity index (χ3n) is 5.87. The summed E-state index contributed by atoms with van der Waals surface area (Å²) < 4.78 is 17.6. The molecule has 0 radical (unpaired) electrons. The van der Waals surface area contributed by atoms with Crippen LogP contribution in [0.4, 0.5) is 4.79 Å². The van der Waals surface area contributed by atoms with Gasteiger partial charge in [0.25, 0.3) is 0 Å². The molecule has 0 aromatic heterocycles. The number of rotatable bonds is 4. The van der Waals surface area contributed by atoms with E-state index in [0.717, 1.165) is 18.3 Å². The third kappa shape index (κ3) is 4.32. The van der Waals surface area contributed by atoms with Crippen LogP contribution >= 0.6 is 0 Å². The van der Waals surface area contributed by atoms with Crippen molar-refractivity contribution in [3.8, 4) is 0 Å². The Kier molecular flexibility index (Phi) is 4.88. The fourth-order valence-corrected chi connectivity index (χ4v) is 3.25. The van der Waals surface area contributed by atoms with Crippen LogP contribution in [0.3, 0.4) is 0 Å². The van der Waals surface area contributed by atoms with Gasteiger partial charge in [-0.1, -0.05) is 24.3 Å². The molecule has 3 rings (SSSR count). The summed E-state index contributed by atoms with van der Waals surface area (Å²) in [6.07, 6.45) is 1.78. The summed E-state index contributed by atoms with van der Waals surface area (Å²) in [4.78, 5) is 11.9. The van der Waals surface area contributed by atoms with Crippen molar-refractivity contribution in [2.45, 2.75) is 83.5 Å². The van der Waals surface area contributed by atoms with E-state index >= 15 is 0 Å². The highest BCUT2D eigenvalue weighted by atomic mass is 16.7. The minimum atomic E-state index is -0.481. The Bertz CT molecular complexity index is 686. The number of benzene rings is 1. The number of ether oxygens (including phenoxy) is 1. The van der Waals surface area contributed by atoms with Gasteiger partial charge >= 0.3 is 13.2 Å². The van der Waals surface area contributed by atoms with E-state index in [2.05, 4.69) is 57.3 Å². The van der Waals surface area contributed by atoms with Crippen LogP contribution in [0.15, 0.2) is 24.3 Å². The average molecular weight is 373 g/mol. The van der Waals surface area contributed by atoms with Gasteiger partial charge in [-0.3, -0.25) is 0 Å². The molecule has 5 nitrogen and oxygen atoms in total. The second-order valence-electron chi connectivity index (χ2n) is 9.85. The summed E-state index contributed by atoms with van der Waals surface area (Å²) in [6.45, 7) is 14.4. The van der Waals surface area contributed by atoms with E-state index in [1.807, 2.05) is 20.8 Å². The first kappa shape index (κ1) is 20.2. The number of alkyl carbamates (subject to hydrolysis) is 1. The van der Waals surface area contributed by atoms with Crippen molar-refractivity contribution in [1.29, 1.82) is 0 Å².